The fourth-order valence-electron chi connectivity index (χ4n) is 1.95. The molecule has 1 aliphatic rings. The molecule has 3 nitrogen and oxygen atoms in total. The summed E-state index contributed by atoms with van der Waals surface area (Å²) in [5.41, 5.74) is -0.373. The molecule has 3 atom stereocenters. The molecule has 0 N–H and O–H groups in total. The van der Waals surface area contributed by atoms with Crippen molar-refractivity contribution < 1.29 is 14.2 Å². The maximum absolute atomic E-state index is 5.77. The number of hydrogen-bond acceptors (Lipinski definition) is 4. The van der Waals surface area contributed by atoms with Crippen molar-refractivity contribution in [3.8, 4) is 0 Å². The lowest BCUT2D eigenvalue weighted by atomic mass is 9.93. The fourth-order valence-corrected chi connectivity index (χ4v) is 2.77. The predicted molar refractivity (Wildman–Crippen MR) is 59.0 cm³/mol. The minimum atomic E-state index is -0.373. The first-order valence-corrected chi connectivity index (χ1v) is 6.02. The van der Waals surface area contributed by atoms with Crippen LogP contribution in [0.15, 0.2) is 0 Å². The summed E-state index contributed by atoms with van der Waals surface area (Å²) in [4.78, 5) is 0. The molecule has 0 saturated carbocycles. The van der Waals surface area contributed by atoms with Crippen LogP contribution in [0.5, 0.6) is 0 Å². The number of ether oxygens (including phenoxy) is 3. The molecule has 0 bridgehead atoms. The molecular weight excluding hydrogens is 199 g/mol. The second-order valence-corrected chi connectivity index (χ2v) is 4.41. The SMILES string of the molecule is [B][C@H]1C[C@H](OC)[C@@](COC)(CSC)O1. The van der Waals surface area contributed by atoms with Crippen LogP contribution in [0.4, 0.5) is 0 Å². The van der Waals surface area contributed by atoms with Gasteiger partial charge in [-0.1, -0.05) is 0 Å². The molecule has 0 aromatic rings. The molecule has 0 amide bonds. The third-order valence-corrected chi connectivity index (χ3v) is 3.26. The standard InChI is InChI=1S/C9H17BO3S/c1-11-5-9(6-14-3)7(12-2)4-8(10)13-9/h7-8H,4-6H2,1-3H3/t7-,8+,9+/m0/s1. The number of methoxy groups -OCH3 is 2. The molecule has 0 aromatic carbocycles. The van der Waals surface area contributed by atoms with Crippen molar-refractivity contribution in [3.63, 3.8) is 0 Å². The molecule has 80 valence electrons. The van der Waals surface area contributed by atoms with Gasteiger partial charge in [-0.2, -0.15) is 11.8 Å². The van der Waals surface area contributed by atoms with Crippen molar-refractivity contribution in [1.29, 1.82) is 0 Å². The van der Waals surface area contributed by atoms with E-state index in [4.69, 9.17) is 22.1 Å². The second-order valence-electron chi connectivity index (χ2n) is 3.55. The molecule has 2 radical (unpaired) electrons. The van der Waals surface area contributed by atoms with Crippen molar-refractivity contribution in [1.82, 2.24) is 0 Å². The molecule has 1 fully saturated rings. The van der Waals surface area contributed by atoms with E-state index >= 15 is 0 Å². The quantitative estimate of drug-likeness (QED) is 0.631. The average Bonchev–Trinajstić information content (AvgIpc) is 2.43. The van der Waals surface area contributed by atoms with Gasteiger partial charge in [0, 0.05) is 26.0 Å². The van der Waals surface area contributed by atoms with Gasteiger partial charge in [-0.15, -0.1) is 0 Å². The Hall–Kier alpha value is 0.295. The van der Waals surface area contributed by atoms with Crippen molar-refractivity contribution in [3.05, 3.63) is 0 Å². The fraction of sp³-hybridized carbons (Fsp3) is 1.00. The van der Waals surface area contributed by atoms with Crippen LogP contribution in [0.2, 0.25) is 0 Å². The number of thioether (sulfide) groups is 1. The van der Waals surface area contributed by atoms with Gasteiger partial charge in [0.05, 0.1) is 12.7 Å². The van der Waals surface area contributed by atoms with Crippen LogP contribution < -0.4 is 0 Å². The van der Waals surface area contributed by atoms with E-state index in [-0.39, 0.29) is 17.7 Å². The Bertz CT molecular complexity index is 173. The first-order chi connectivity index (χ1) is 6.68. The molecule has 1 saturated heterocycles. The van der Waals surface area contributed by atoms with Gasteiger partial charge in [0.15, 0.2) is 0 Å². The van der Waals surface area contributed by atoms with Crippen LogP contribution in [0.25, 0.3) is 0 Å². The summed E-state index contributed by atoms with van der Waals surface area (Å²) in [6.07, 6.45) is 2.81. The smallest absolute Gasteiger partial charge is 0.126 e. The van der Waals surface area contributed by atoms with Crippen molar-refractivity contribution >= 4 is 19.6 Å². The minimum Gasteiger partial charge on any atom is -0.382 e. The zero-order chi connectivity index (χ0) is 10.6. The van der Waals surface area contributed by atoms with Crippen molar-refractivity contribution in [2.75, 3.05) is 32.8 Å². The Labute approximate surface area is 91.3 Å². The molecule has 14 heavy (non-hydrogen) atoms. The molecule has 1 aliphatic heterocycles. The van der Waals surface area contributed by atoms with Crippen LogP contribution in [-0.2, 0) is 14.2 Å². The molecule has 0 unspecified atom stereocenters. The Morgan fingerprint density at radius 1 is 1.57 bits per heavy atom. The van der Waals surface area contributed by atoms with Gasteiger partial charge in [0.25, 0.3) is 0 Å². The lowest BCUT2D eigenvalue weighted by Crippen LogP contribution is -2.47. The van der Waals surface area contributed by atoms with E-state index in [0.717, 1.165) is 12.2 Å². The largest absolute Gasteiger partial charge is 0.382 e. The Morgan fingerprint density at radius 2 is 2.29 bits per heavy atom. The molecule has 1 heterocycles. The maximum atomic E-state index is 5.77. The second kappa shape index (κ2) is 5.40. The van der Waals surface area contributed by atoms with E-state index in [1.807, 2.05) is 6.26 Å². The van der Waals surface area contributed by atoms with E-state index in [2.05, 4.69) is 0 Å². The van der Waals surface area contributed by atoms with E-state index in [0.29, 0.717) is 6.61 Å². The third-order valence-electron chi connectivity index (χ3n) is 2.48. The average molecular weight is 216 g/mol. The lowest BCUT2D eigenvalue weighted by Gasteiger charge is -2.32. The molecule has 0 aliphatic carbocycles. The summed E-state index contributed by atoms with van der Waals surface area (Å²) >= 11 is 1.72. The van der Waals surface area contributed by atoms with Crippen LogP contribution in [0.1, 0.15) is 6.42 Å². The molecule has 5 heteroatoms. The van der Waals surface area contributed by atoms with E-state index in [9.17, 15) is 0 Å². The normalized spacial score (nSPS) is 37.6. The summed E-state index contributed by atoms with van der Waals surface area (Å²) in [7, 11) is 9.13. The Kier molecular flexibility index (Phi) is 4.77. The monoisotopic (exact) mass is 216 g/mol. The minimum absolute atomic E-state index is 0.0323. The predicted octanol–water partition coefficient (Wildman–Crippen LogP) is 0.664. The van der Waals surface area contributed by atoms with Crippen LogP contribution in [0.3, 0.4) is 0 Å². The van der Waals surface area contributed by atoms with Gasteiger partial charge in [-0.05, 0) is 12.7 Å². The van der Waals surface area contributed by atoms with E-state index in [1.54, 1.807) is 26.0 Å². The van der Waals surface area contributed by atoms with Gasteiger partial charge in [0.1, 0.15) is 13.4 Å². The van der Waals surface area contributed by atoms with E-state index in [1.165, 1.54) is 0 Å². The van der Waals surface area contributed by atoms with Crippen molar-refractivity contribution in [2.45, 2.75) is 24.1 Å². The van der Waals surface area contributed by atoms with Gasteiger partial charge in [-0.25, -0.2) is 0 Å². The van der Waals surface area contributed by atoms with Crippen LogP contribution in [-0.4, -0.2) is 58.4 Å². The zero-order valence-electron chi connectivity index (χ0n) is 8.99. The van der Waals surface area contributed by atoms with Gasteiger partial charge in [0.2, 0.25) is 0 Å². The molecule has 0 aromatic heterocycles. The zero-order valence-corrected chi connectivity index (χ0v) is 9.80. The summed E-state index contributed by atoms with van der Waals surface area (Å²) in [5.74, 6) is 0.840. The van der Waals surface area contributed by atoms with E-state index < -0.39 is 0 Å². The third kappa shape index (κ3) is 2.45. The van der Waals surface area contributed by atoms with Gasteiger partial charge in [-0.3, -0.25) is 0 Å². The molecule has 0 spiro atoms. The Balaban J connectivity index is 2.72. The molecule has 1 rings (SSSR count). The number of hydrogen-bond donors (Lipinski definition) is 0. The van der Waals surface area contributed by atoms with Crippen LogP contribution >= 0.6 is 11.8 Å². The van der Waals surface area contributed by atoms with Crippen molar-refractivity contribution in [2.24, 2.45) is 0 Å². The summed E-state index contributed by atoms with van der Waals surface area (Å²) in [6.45, 7) is 0.528. The number of rotatable bonds is 5. The first-order valence-electron chi connectivity index (χ1n) is 4.62. The highest BCUT2D eigenvalue weighted by Crippen LogP contribution is 2.34. The molecular formula is C9H17BO3S. The van der Waals surface area contributed by atoms with Gasteiger partial charge >= 0.3 is 0 Å². The first kappa shape index (κ1) is 12.4. The Morgan fingerprint density at radius 3 is 2.79 bits per heavy atom. The maximum Gasteiger partial charge on any atom is 0.126 e. The van der Waals surface area contributed by atoms with Crippen LogP contribution in [0, 0.1) is 0 Å². The summed E-state index contributed by atoms with van der Waals surface area (Å²) in [5, 5.41) is 0. The summed E-state index contributed by atoms with van der Waals surface area (Å²) < 4.78 is 16.3. The highest BCUT2D eigenvalue weighted by molar-refractivity contribution is 7.98. The topological polar surface area (TPSA) is 27.7 Å². The highest BCUT2D eigenvalue weighted by atomic mass is 32.2. The highest BCUT2D eigenvalue weighted by Gasteiger charge is 2.47. The lowest BCUT2D eigenvalue weighted by molar-refractivity contribution is -0.100. The summed E-state index contributed by atoms with van der Waals surface area (Å²) in [6, 6.07) is -0.234. The van der Waals surface area contributed by atoms with Gasteiger partial charge < -0.3 is 14.2 Å².